The number of hydrogen-bond donors (Lipinski definition) is 3. The molecule has 3 atom stereocenters. The van der Waals surface area contributed by atoms with E-state index in [0.29, 0.717) is 12.8 Å². The highest BCUT2D eigenvalue weighted by Gasteiger charge is 2.27. The third kappa shape index (κ3) is 44.8. The molecule has 0 aromatic carbocycles. The van der Waals surface area contributed by atoms with Gasteiger partial charge in [-0.05, 0) is 38.5 Å². The number of aliphatic hydroxyl groups is 2. The average molecular weight is 875 g/mol. The predicted molar refractivity (Wildman–Crippen MR) is 247 cm³/mol. The highest BCUT2D eigenvalue weighted by atomic mass is 31.2. The van der Waals surface area contributed by atoms with Gasteiger partial charge in [-0.3, -0.25) is 18.6 Å². The molecule has 0 rings (SSSR count). The van der Waals surface area contributed by atoms with Crippen molar-refractivity contribution >= 4 is 19.8 Å². The van der Waals surface area contributed by atoms with E-state index in [4.69, 9.17) is 23.6 Å². The summed E-state index contributed by atoms with van der Waals surface area (Å²) < 4.78 is 32.8. The second kappa shape index (κ2) is 45.7. The molecule has 60 heavy (non-hydrogen) atoms. The number of rotatable bonds is 48. The maximum absolute atomic E-state index is 12.7. The molecular formula is C49H95O10P. The Morgan fingerprint density at radius 3 is 1.20 bits per heavy atom. The van der Waals surface area contributed by atoms with E-state index in [2.05, 4.69) is 26.0 Å². The Kier molecular flexibility index (Phi) is 44.7. The Bertz CT molecular complexity index is 1010. The van der Waals surface area contributed by atoms with Crippen molar-refractivity contribution in [2.75, 3.05) is 26.4 Å². The van der Waals surface area contributed by atoms with Crippen LogP contribution in [0.4, 0.5) is 0 Å². The molecule has 0 aliphatic heterocycles. The Hall–Kier alpha value is -1.29. The molecule has 0 fully saturated rings. The van der Waals surface area contributed by atoms with E-state index in [1.165, 1.54) is 173 Å². The summed E-state index contributed by atoms with van der Waals surface area (Å²) >= 11 is 0. The fraction of sp³-hybridized carbons (Fsp3) is 0.918. The topological polar surface area (TPSA) is 149 Å². The minimum Gasteiger partial charge on any atom is -0.462 e. The van der Waals surface area contributed by atoms with Gasteiger partial charge in [0.2, 0.25) is 0 Å². The summed E-state index contributed by atoms with van der Waals surface area (Å²) in [6.07, 6.45) is 46.1. The Labute approximate surface area is 368 Å². The van der Waals surface area contributed by atoms with Crippen molar-refractivity contribution < 1.29 is 47.8 Å². The summed E-state index contributed by atoms with van der Waals surface area (Å²) in [6.45, 7) is 2.43. The van der Waals surface area contributed by atoms with Crippen LogP contribution in [0.3, 0.4) is 0 Å². The molecule has 0 saturated carbocycles. The molecule has 3 N–H and O–H groups in total. The largest absolute Gasteiger partial charge is 0.472 e. The fourth-order valence-electron chi connectivity index (χ4n) is 7.28. The molecule has 0 bridgehead atoms. The Morgan fingerprint density at radius 2 is 0.817 bits per heavy atom. The summed E-state index contributed by atoms with van der Waals surface area (Å²) in [5.41, 5.74) is 0. The van der Waals surface area contributed by atoms with Crippen LogP contribution >= 0.6 is 7.82 Å². The molecule has 3 unspecified atom stereocenters. The molecule has 0 spiro atoms. The minimum absolute atomic E-state index is 0.188. The van der Waals surface area contributed by atoms with Crippen molar-refractivity contribution in [2.24, 2.45) is 0 Å². The first-order valence-electron chi connectivity index (χ1n) is 25.1. The molecular weight excluding hydrogens is 780 g/mol. The molecule has 0 aromatic rings. The van der Waals surface area contributed by atoms with Crippen molar-refractivity contribution in [3.63, 3.8) is 0 Å². The zero-order valence-corrected chi connectivity index (χ0v) is 39.8. The lowest BCUT2D eigenvalue weighted by atomic mass is 10.0. The van der Waals surface area contributed by atoms with E-state index in [9.17, 15) is 24.2 Å². The number of allylic oxidation sites excluding steroid dienone is 2. The number of unbranched alkanes of at least 4 members (excludes halogenated alkanes) is 32. The van der Waals surface area contributed by atoms with E-state index < -0.39 is 51.8 Å². The van der Waals surface area contributed by atoms with Gasteiger partial charge in [0, 0.05) is 12.8 Å². The number of aliphatic hydroxyl groups excluding tert-OH is 2. The van der Waals surface area contributed by atoms with Gasteiger partial charge in [-0.1, -0.05) is 212 Å². The maximum Gasteiger partial charge on any atom is 0.472 e. The smallest absolute Gasteiger partial charge is 0.462 e. The van der Waals surface area contributed by atoms with Crippen LogP contribution in [0.2, 0.25) is 0 Å². The van der Waals surface area contributed by atoms with E-state index in [-0.39, 0.29) is 19.4 Å². The van der Waals surface area contributed by atoms with Crippen LogP contribution in [0.25, 0.3) is 0 Å². The van der Waals surface area contributed by atoms with Crippen LogP contribution in [0.5, 0.6) is 0 Å². The quantitative estimate of drug-likeness (QED) is 0.0233. The summed E-state index contributed by atoms with van der Waals surface area (Å²) in [5.74, 6) is -0.910. The van der Waals surface area contributed by atoms with Gasteiger partial charge in [-0.25, -0.2) is 4.57 Å². The predicted octanol–water partition coefficient (Wildman–Crippen LogP) is 14.0. The van der Waals surface area contributed by atoms with Gasteiger partial charge in [0.1, 0.15) is 12.7 Å². The molecule has 0 aliphatic carbocycles. The fourth-order valence-corrected chi connectivity index (χ4v) is 8.07. The second-order valence-electron chi connectivity index (χ2n) is 17.2. The van der Waals surface area contributed by atoms with Gasteiger partial charge in [-0.15, -0.1) is 0 Å². The van der Waals surface area contributed by atoms with Crippen LogP contribution in [0.1, 0.15) is 251 Å². The maximum atomic E-state index is 12.7. The van der Waals surface area contributed by atoms with Crippen LogP contribution in [-0.4, -0.2) is 65.7 Å². The Morgan fingerprint density at radius 1 is 0.483 bits per heavy atom. The molecule has 0 aliphatic rings. The van der Waals surface area contributed by atoms with E-state index >= 15 is 0 Å². The third-order valence-corrected chi connectivity index (χ3v) is 12.1. The van der Waals surface area contributed by atoms with E-state index in [0.717, 1.165) is 38.5 Å². The third-order valence-electron chi connectivity index (χ3n) is 11.2. The van der Waals surface area contributed by atoms with Gasteiger partial charge in [0.15, 0.2) is 6.10 Å². The van der Waals surface area contributed by atoms with Gasteiger partial charge >= 0.3 is 19.8 Å². The van der Waals surface area contributed by atoms with Gasteiger partial charge in [-0.2, -0.15) is 0 Å². The molecule has 0 saturated heterocycles. The monoisotopic (exact) mass is 875 g/mol. The van der Waals surface area contributed by atoms with E-state index in [1.54, 1.807) is 0 Å². The number of hydrogen-bond acceptors (Lipinski definition) is 9. The minimum atomic E-state index is -4.62. The molecule has 0 aromatic heterocycles. The van der Waals surface area contributed by atoms with Crippen molar-refractivity contribution in [3.8, 4) is 0 Å². The number of carbonyl (C=O) groups is 2. The van der Waals surface area contributed by atoms with Gasteiger partial charge in [0.05, 0.1) is 19.8 Å². The lowest BCUT2D eigenvalue weighted by Gasteiger charge is -2.20. The molecule has 10 nitrogen and oxygen atoms in total. The van der Waals surface area contributed by atoms with Gasteiger partial charge < -0.3 is 24.6 Å². The standard InChI is InChI=1S/C49H95O10P/c1-3-5-7-9-11-13-15-17-19-20-21-22-23-24-25-26-27-29-31-33-35-37-39-41-49(53)59-47(45-58-60(54,55)57-43-46(51)42-50)44-56-48(52)40-38-36-34-32-30-28-18-16-14-12-10-8-6-4-2/h20-21,46-47,50-51H,3-19,22-45H2,1-2H3,(H,54,55)/b21-20-. The molecule has 0 amide bonds. The summed E-state index contributed by atoms with van der Waals surface area (Å²) in [6, 6.07) is 0. The molecule has 0 radical (unpaired) electrons. The van der Waals surface area contributed by atoms with Crippen LogP contribution in [-0.2, 0) is 32.7 Å². The number of esters is 2. The van der Waals surface area contributed by atoms with Crippen molar-refractivity contribution in [3.05, 3.63) is 12.2 Å². The Balaban J connectivity index is 4.13. The van der Waals surface area contributed by atoms with Crippen molar-refractivity contribution in [1.29, 1.82) is 0 Å². The summed E-state index contributed by atoms with van der Waals surface area (Å²) in [7, 11) is -4.62. The first kappa shape index (κ1) is 58.7. The van der Waals surface area contributed by atoms with Crippen LogP contribution in [0.15, 0.2) is 12.2 Å². The van der Waals surface area contributed by atoms with Gasteiger partial charge in [0.25, 0.3) is 0 Å². The average Bonchev–Trinajstić information content (AvgIpc) is 3.24. The van der Waals surface area contributed by atoms with E-state index in [1.807, 2.05) is 0 Å². The zero-order chi connectivity index (χ0) is 44.0. The normalized spacial score (nSPS) is 13.8. The first-order chi connectivity index (χ1) is 29.2. The SMILES string of the molecule is CCCCCCCCCC/C=C\CCCCCCCCCCCCCC(=O)OC(COC(=O)CCCCCCCCCCCCCCCC)COP(=O)(O)OCC(O)CO. The number of carbonyl (C=O) groups excluding carboxylic acids is 2. The van der Waals surface area contributed by atoms with Crippen LogP contribution in [0, 0.1) is 0 Å². The first-order valence-corrected chi connectivity index (χ1v) is 26.6. The second-order valence-corrected chi connectivity index (χ2v) is 18.7. The highest BCUT2D eigenvalue weighted by Crippen LogP contribution is 2.43. The number of phosphoric ester groups is 1. The summed E-state index contributed by atoms with van der Waals surface area (Å²) in [4.78, 5) is 35.1. The molecule has 0 heterocycles. The number of phosphoric acid groups is 1. The number of ether oxygens (including phenoxy) is 2. The molecule has 11 heteroatoms. The van der Waals surface area contributed by atoms with Crippen molar-refractivity contribution in [2.45, 2.75) is 264 Å². The lowest BCUT2D eigenvalue weighted by molar-refractivity contribution is -0.161. The highest BCUT2D eigenvalue weighted by molar-refractivity contribution is 7.47. The lowest BCUT2D eigenvalue weighted by Crippen LogP contribution is -2.29. The van der Waals surface area contributed by atoms with Crippen LogP contribution < -0.4 is 0 Å². The van der Waals surface area contributed by atoms with Crippen molar-refractivity contribution in [1.82, 2.24) is 0 Å². The molecule has 356 valence electrons. The summed E-state index contributed by atoms with van der Waals surface area (Å²) in [5, 5.41) is 18.4. The zero-order valence-electron chi connectivity index (χ0n) is 38.9.